The summed E-state index contributed by atoms with van der Waals surface area (Å²) in [5, 5.41) is 0. The molecule has 0 unspecified atom stereocenters. The molecule has 0 bridgehead atoms. The summed E-state index contributed by atoms with van der Waals surface area (Å²) in [4.78, 5) is 4.70. The monoisotopic (exact) mass is 292 g/mol. The van der Waals surface area contributed by atoms with Crippen LogP contribution in [0.3, 0.4) is 0 Å². The van der Waals surface area contributed by atoms with E-state index in [1.807, 2.05) is 47.0 Å². The number of rotatable bonds is 4. The topological polar surface area (TPSA) is 36.3 Å². The minimum Gasteiger partial charge on any atom is -0.493 e. The first-order chi connectivity index (χ1) is 10.8. The summed E-state index contributed by atoms with van der Waals surface area (Å²) in [7, 11) is 3.23. The van der Waals surface area contributed by atoms with Crippen molar-refractivity contribution in [1.29, 1.82) is 0 Å². The molecule has 2 aromatic carbocycles. The van der Waals surface area contributed by atoms with Crippen LogP contribution in [0.5, 0.6) is 11.5 Å². The molecule has 0 fully saturated rings. The molecule has 0 aliphatic rings. The van der Waals surface area contributed by atoms with Crippen molar-refractivity contribution in [2.24, 2.45) is 0 Å². The van der Waals surface area contributed by atoms with E-state index in [1.54, 1.807) is 14.2 Å². The molecule has 0 saturated heterocycles. The van der Waals surface area contributed by atoms with Gasteiger partial charge in [0, 0.05) is 5.56 Å². The van der Waals surface area contributed by atoms with Gasteiger partial charge in [0.25, 0.3) is 0 Å². The van der Waals surface area contributed by atoms with Crippen LogP contribution >= 0.6 is 0 Å². The fraction of sp³-hybridized carbons (Fsp3) is 0.167. The molecule has 0 aliphatic carbocycles. The van der Waals surface area contributed by atoms with Crippen LogP contribution in [0.1, 0.15) is 0 Å². The third-order valence-corrected chi connectivity index (χ3v) is 3.55. The summed E-state index contributed by atoms with van der Waals surface area (Å²) in [5.41, 5.74) is 2.87. The first kappa shape index (κ1) is 14.0. The Labute approximate surface area is 129 Å². The molecule has 110 valence electrons. The van der Waals surface area contributed by atoms with E-state index in [2.05, 4.69) is 5.92 Å². The predicted molar refractivity (Wildman–Crippen MR) is 87.1 cm³/mol. The molecule has 0 aliphatic heterocycles. The summed E-state index contributed by atoms with van der Waals surface area (Å²) in [6.07, 6.45) is 5.52. The first-order valence-corrected chi connectivity index (χ1v) is 6.89. The van der Waals surface area contributed by atoms with Gasteiger partial charge in [-0.3, -0.25) is 0 Å². The standard InChI is InChI=1S/C18H16N2O2/c1-4-11-20-15-8-6-5-7-14(15)19-18(20)13-9-10-16(21-2)17(12-13)22-3/h1,5-10,12H,11H2,2-3H3. The van der Waals surface area contributed by atoms with Crippen molar-refractivity contribution in [3.63, 3.8) is 0 Å². The highest BCUT2D eigenvalue weighted by atomic mass is 16.5. The number of nitrogens with zero attached hydrogens (tertiary/aromatic N) is 2. The first-order valence-electron chi connectivity index (χ1n) is 6.89. The van der Waals surface area contributed by atoms with Crippen LogP contribution in [-0.2, 0) is 6.54 Å². The second-order valence-corrected chi connectivity index (χ2v) is 4.78. The zero-order valence-corrected chi connectivity index (χ0v) is 12.5. The molecule has 1 heterocycles. The molecule has 4 heteroatoms. The Balaban J connectivity index is 2.21. The fourth-order valence-electron chi connectivity index (χ4n) is 2.52. The Bertz CT molecular complexity index is 859. The Hall–Kier alpha value is -2.93. The molecule has 1 aromatic heterocycles. The average molecular weight is 292 g/mol. The van der Waals surface area contributed by atoms with E-state index in [9.17, 15) is 0 Å². The minimum absolute atomic E-state index is 0.462. The molecule has 0 radical (unpaired) electrons. The summed E-state index contributed by atoms with van der Waals surface area (Å²) in [6.45, 7) is 0.462. The lowest BCUT2D eigenvalue weighted by Crippen LogP contribution is -1.99. The number of para-hydroxylation sites is 2. The second kappa shape index (κ2) is 5.82. The van der Waals surface area contributed by atoms with Crippen LogP contribution in [0.4, 0.5) is 0 Å². The van der Waals surface area contributed by atoms with E-state index >= 15 is 0 Å². The third kappa shape index (κ3) is 2.27. The summed E-state index contributed by atoms with van der Waals surface area (Å²) >= 11 is 0. The summed E-state index contributed by atoms with van der Waals surface area (Å²) in [6, 6.07) is 13.7. The van der Waals surface area contributed by atoms with E-state index in [0.717, 1.165) is 22.4 Å². The van der Waals surface area contributed by atoms with Crippen LogP contribution in [0.15, 0.2) is 42.5 Å². The van der Waals surface area contributed by atoms with Crippen molar-refractivity contribution in [2.75, 3.05) is 14.2 Å². The highest BCUT2D eigenvalue weighted by Gasteiger charge is 2.14. The Morgan fingerprint density at radius 2 is 1.86 bits per heavy atom. The van der Waals surface area contributed by atoms with Gasteiger partial charge in [0.15, 0.2) is 11.5 Å². The van der Waals surface area contributed by atoms with Crippen LogP contribution < -0.4 is 9.47 Å². The number of methoxy groups -OCH3 is 2. The molecular formula is C18H16N2O2. The highest BCUT2D eigenvalue weighted by Crippen LogP contribution is 2.33. The van der Waals surface area contributed by atoms with Crippen molar-refractivity contribution < 1.29 is 9.47 Å². The van der Waals surface area contributed by atoms with Gasteiger partial charge in [0.2, 0.25) is 0 Å². The van der Waals surface area contributed by atoms with Crippen molar-refractivity contribution in [1.82, 2.24) is 9.55 Å². The van der Waals surface area contributed by atoms with Crippen molar-refractivity contribution in [2.45, 2.75) is 6.54 Å². The van der Waals surface area contributed by atoms with Gasteiger partial charge < -0.3 is 14.0 Å². The molecule has 4 nitrogen and oxygen atoms in total. The molecule has 0 atom stereocenters. The lowest BCUT2D eigenvalue weighted by atomic mass is 10.2. The van der Waals surface area contributed by atoms with Gasteiger partial charge in [0.05, 0.1) is 31.8 Å². The maximum atomic E-state index is 5.52. The molecule has 0 spiro atoms. The minimum atomic E-state index is 0.462. The zero-order chi connectivity index (χ0) is 15.5. The Morgan fingerprint density at radius 1 is 1.09 bits per heavy atom. The quantitative estimate of drug-likeness (QED) is 0.692. The number of hydrogen-bond donors (Lipinski definition) is 0. The van der Waals surface area contributed by atoms with Crippen molar-refractivity contribution in [3.8, 4) is 35.2 Å². The zero-order valence-electron chi connectivity index (χ0n) is 12.5. The van der Waals surface area contributed by atoms with Gasteiger partial charge in [0.1, 0.15) is 5.82 Å². The number of benzene rings is 2. The maximum absolute atomic E-state index is 5.52. The number of aromatic nitrogens is 2. The van der Waals surface area contributed by atoms with Crippen LogP contribution in [0.25, 0.3) is 22.4 Å². The number of fused-ring (bicyclic) bond motifs is 1. The smallest absolute Gasteiger partial charge is 0.161 e. The van der Waals surface area contributed by atoms with Gasteiger partial charge >= 0.3 is 0 Å². The number of hydrogen-bond acceptors (Lipinski definition) is 3. The molecular weight excluding hydrogens is 276 g/mol. The molecule has 0 N–H and O–H groups in total. The lowest BCUT2D eigenvalue weighted by molar-refractivity contribution is 0.355. The number of terminal acetylenes is 1. The molecule has 0 amide bonds. The van der Waals surface area contributed by atoms with E-state index in [0.29, 0.717) is 18.0 Å². The largest absolute Gasteiger partial charge is 0.493 e. The summed E-state index contributed by atoms with van der Waals surface area (Å²) < 4.78 is 12.7. The Kier molecular flexibility index (Phi) is 3.71. The molecule has 3 rings (SSSR count). The SMILES string of the molecule is C#CCn1c(-c2ccc(OC)c(OC)c2)nc2ccccc21. The maximum Gasteiger partial charge on any atom is 0.161 e. The van der Waals surface area contributed by atoms with Crippen molar-refractivity contribution in [3.05, 3.63) is 42.5 Å². The van der Waals surface area contributed by atoms with Crippen molar-refractivity contribution >= 4 is 11.0 Å². The van der Waals surface area contributed by atoms with Crippen LogP contribution in [0.2, 0.25) is 0 Å². The molecule has 22 heavy (non-hydrogen) atoms. The average Bonchev–Trinajstić information content (AvgIpc) is 2.93. The van der Waals surface area contributed by atoms with Gasteiger partial charge in [-0.1, -0.05) is 18.1 Å². The Morgan fingerprint density at radius 3 is 2.59 bits per heavy atom. The van der Waals surface area contributed by atoms with Gasteiger partial charge in [-0.05, 0) is 30.3 Å². The van der Waals surface area contributed by atoms with Gasteiger partial charge in [-0.15, -0.1) is 6.42 Å². The summed E-state index contributed by atoms with van der Waals surface area (Å²) in [5.74, 6) is 4.86. The van der Waals surface area contributed by atoms with E-state index < -0.39 is 0 Å². The van der Waals surface area contributed by atoms with E-state index in [1.165, 1.54) is 0 Å². The van der Waals surface area contributed by atoms with E-state index in [-0.39, 0.29) is 0 Å². The molecule has 3 aromatic rings. The number of ether oxygens (including phenoxy) is 2. The lowest BCUT2D eigenvalue weighted by Gasteiger charge is -2.10. The van der Waals surface area contributed by atoms with Crippen LogP contribution in [-0.4, -0.2) is 23.8 Å². The van der Waals surface area contributed by atoms with E-state index in [4.69, 9.17) is 20.9 Å². The third-order valence-electron chi connectivity index (χ3n) is 3.55. The predicted octanol–water partition coefficient (Wildman–Crippen LogP) is 3.35. The van der Waals surface area contributed by atoms with Crippen LogP contribution in [0, 0.1) is 12.3 Å². The van der Waals surface area contributed by atoms with Gasteiger partial charge in [-0.2, -0.15) is 0 Å². The van der Waals surface area contributed by atoms with Gasteiger partial charge in [-0.25, -0.2) is 4.98 Å². The fourth-order valence-corrected chi connectivity index (χ4v) is 2.52. The molecule has 0 saturated carbocycles. The second-order valence-electron chi connectivity index (χ2n) is 4.78. The normalized spacial score (nSPS) is 10.4. The highest BCUT2D eigenvalue weighted by molar-refractivity contribution is 5.81. The number of imidazole rings is 1.